The molecule has 0 saturated carbocycles. The molecule has 1 aliphatic rings. The molecule has 0 fully saturated rings. The lowest BCUT2D eigenvalue weighted by molar-refractivity contribution is 0.104. The first-order valence-electron chi connectivity index (χ1n) is 10.0. The molecule has 2 unspecified atom stereocenters. The van der Waals surface area contributed by atoms with Crippen LogP contribution in [-0.4, -0.2) is 63.8 Å². The number of fused-ring (bicyclic) bond motifs is 1. The van der Waals surface area contributed by atoms with Crippen LogP contribution in [0.5, 0.6) is 11.5 Å². The van der Waals surface area contributed by atoms with Crippen LogP contribution in [0.1, 0.15) is 18.1 Å². The number of hydrogen-bond donors (Lipinski definition) is 2. The molecule has 1 aliphatic heterocycles. The lowest BCUT2D eigenvalue weighted by Gasteiger charge is -2.30. The zero-order valence-corrected chi connectivity index (χ0v) is 18.5. The van der Waals surface area contributed by atoms with Crippen molar-refractivity contribution in [3.05, 3.63) is 53.6 Å². The minimum Gasteiger partial charge on any atom is -0.493 e. The van der Waals surface area contributed by atoms with E-state index in [1.165, 1.54) is 37.5 Å². The predicted octanol–water partition coefficient (Wildman–Crippen LogP) is 1.83. The monoisotopic (exact) mass is 434 g/mol. The molecule has 0 spiro atoms. The van der Waals surface area contributed by atoms with Crippen molar-refractivity contribution in [1.29, 1.82) is 0 Å². The summed E-state index contributed by atoms with van der Waals surface area (Å²) >= 11 is 0. The average Bonchev–Trinajstić information content (AvgIpc) is 2.76. The summed E-state index contributed by atoms with van der Waals surface area (Å²) in [5.74, 6) is 0.826. The highest BCUT2D eigenvalue weighted by Crippen LogP contribution is 2.30. The molecule has 0 bridgehead atoms. The van der Waals surface area contributed by atoms with Crippen molar-refractivity contribution >= 4 is 9.84 Å². The Balaban J connectivity index is 1.56. The minimum atomic E-state index is -3.64. The number of aliphatic hydroxyl groups is 1. The third-order valence-corrected chi connectivity index (χ3v) is 7.48. The molecule has 0 amide bonds. The Morgan fingerprint density at radius 3 is 2.50 bits per heavy atom. The van der Waals surface area contributed by atoms with Gasteiger partial charge >= 0.3 is 0 Å². The van der Waals surface area contributed by atoms with Crippen LogP contribution in [0.2, 0.25) is 0 Å². The summed E-state index contributed by atoms with van der Waals surface area (Å²) in [5.41, 5.74) is 2.64. The number of β-amino-alcohol motifs (C(OH)–C–C–N with tert-alkyl or cyclic N) is 1. The molecule has 0 aliphatic carbocycles. The van der Waals surface area contributed by atoms with Crippen LogP contribution >= 0.6 is 0 Å². The number of rotatable bonds is 9. The van der Waals surface area contributed by atoms with Gasteiger partial charge in [-0.25, -0.2) is 8.42 Å². The van der Waals surface area contributed by atoms with E-state index in [-0.39, 0.29) is 11.4 Å². The molecule has 2 aromatic carbocycles. The molecule has 7 nitrogen and oxygen atoms in total. The van der Waals surface area contributed by atoms with Crippen molar-refractivity contribution in [3.63, 3.8) is 0 Å². The van der Waals surface area contributed by atoms with Crippen molar-refractivity contribution in [2.45, 2.75) is 36.3 Å². The molecule has 0 radical (unpaired) electrons. The average molecular weight is 435 g/mol. The number of sulfone groups is 1. The molecular weight excluding hydrogens is 404 g/mol. The molecule has 1 heterocycles. The van der Waals surface area contributed by atoms with Gasteiger partial charge in [-0.05, 0) is 36.6 Å². The summed E-state index contributed by atoms with van der Waals surface area (Å²) in [6.45, 7) is 3.94. The zero-order chi connectivity index (χ0) is 21.7. The summed E-state index contributed by atoms with van der Waals surface area (Å²) in [6.07, 6.45) is 0.291. The summed E-state index contributed by atoms with van der Waals surface area (Å²) in [5, 5.41) is 12.6. The normalized spacial score (nSPS) is 16.5. The first kappa shape index (κ1) is 22.6. The Morgan fingerprint density at radius 2 is 1.80 bits per heavy atom. The van der Waals surface area contributed by atoms with Crippen LogP contribution in [0.15, 0.2) is 47.4 Å². The fourth-order valence-corrected chi connectivity index (χ4v) is 4.93. The van der Waals surface area contributed by atoms with E-state index >= 15 is 0 Å². The van der Waals surface area contributed by atoms with Crippen molar-refractivity contribution in [2.24, 2.45) is 0 Å². The molecule has 0 saturated heterocycles. The Hall–Kier alpha value is -2.13. The number of aliphatic hydroxyl groups excluding tert-OH is 1. The topological polar surface area (TPSA) is 88.1 Å². The Kier molecular flexibility index (Phi) is 7.36. The standard InChI is InChI=1S/C22H30N2O5S/c1-16(30(26,27)20-8-9-21(28-2)22(12-20)29-3)23-13-19(25)15-24-11-10-17-6-4-5-7-18(17)14-24/h4-9,12,16,19,23,25H,10-11,13-15H2,1-3H3. The van der Waals surface area contributed by atoms with Gasteiger partial charge in [0, 0.05) is 32.2 Å². The third kappa shape index (κ3) is 5.13. The van der Waals surface area contributed by atoms with Gasteiger partial charge in [-0.3, -0.25) is 10.2 Å². The molecule has 3 rings (SSSR count). The molecule has 0 aromatic heterocycles. The van der Waals surface area contributed by atoms with Gasteiger partial charge in [0.15, 0.2) is 21.3 Å². The molecule has 2 atom stereocenters. The fraction of sp³-hybridized carbons (Fsp3) is 0.455. The molecule has 8 heteroatoms. The van der Waals surface area contributed by atoms with Crippen molar-refractivity contribution < 1.29 is 23.0 Å². The highest BCUT2D eigenvalue weighted by atomic mass is 32.2. The second-order valence-electron chi connectivity index (χ2n) is 7.52. The van der Waals surface area contributed by atoms with E-state index in [0.717, 1.165) is 19.5 Å². The smallest absolute Gasteiger partial charge is 0.194 e. The lowest BCUT2D eigenvalue weighted by atomic mass is 10.00. The lowest BCUT2D eigenvalue weighted by Crippen LogP contribution is -2.44. The zero-order valence-electron chi connectivity index (χ0n) is 17.7. The van der Waals surface area contributed by atoms with Gasteiger partial charge in [0.2, 0.25) is 0 Å². The second-order valence-corrected chi connectivity index (χ2v) is 9.79. The van der Waals surface area contributed by atoms with Gasteiger partial charge in [-0.2, -0.15) is 0 Å². The largest absolute Gasteiger partial charge is 0.493 e. The summed E-state index contributed by atoms with van der Waals surface area (Å²) < 4.78 is 36.1. The number of benzene rings is 2. The maximum Gasteiger partial charge on any atom is 0.194 e. The van der Waals surface area contributed by atoms with E-state index in [0.29, 0.717) is 18.0 Å². The maximum atomic E-state index is 12.9. The van der Waals surface area contributed by atoms with Gasteiger partial charge in [0.05, 0.1) is 25.2 Å². The van der Waals surface area contributed by atoms with Crippen molar-refractivity contribution in [3.8, 4) is 11.5 Å². The van der Waals surface area contributed by atoms with Gasteiger partial charge in [0.25, 0.3) is 0 Å². The maximum absolute atomic E-state index is 12.9. The van der Waals surface area contributed by atoms with Crippen LogP contribution in [0, 0.1) is 0 Å². The third-order valence-electron chi connectivity index (χ3n) is 5.47. The van der Waals surface area contributed by atoms with Gasteiger partial charge in [0.1, 0.15) is 5.37 Å². The van der Waals surface area contributed by atoms with Crippen LogP contribution < -0.4 is 14.8 Å². The molecule has 30 heavy (non-hydrogen) atoms. The first-order chi connectivity index (χ1) is 14.3. The summed E-state index contributed by atoms with van der Waals surface area (Å²) in [7, 11) is -0.675. The van der Waals surface area contributed by atoms with E-state index in [4.69, 9.17) is 9.47 Å². The number of hydrogen-bond acceptors (Lipinski definition) is 7. The SMILES string of the molecule is COc1ccc(S(=O)(=O)C(C)NCC(O)CN2CCc3ccccc3C2)cc1OC. The van der Waals surface area contributed by atoms with Crippen molar-refractivity contribution in [1.82, 2.24) is 10.2 Å². The minimum absolute atomic E-state index is 0.141. The molecular formula is C22H30N2O5S. The van der Waals surface area contributed by atoms with E-state index < -0.39 is 21.3 Å². The van der Waals surface area contributed by atoms with Crippen LogP contribution in [0.4, 0.5) is 0 Å². The molecule has 164 valence electrons. The molecule has 2 N–H and O–H groups in total. The van der Waals surface area contributed by atoms with Crippen LogP contribution in [-0.2, 0) is 22.8 Å². The predicted molar refractivity (Wildman–Crippen MR) is 116 cm³/mol. The highest BCUT2D eigenvalue weighted by Gasteiger charge is 2.26. The van der Waals surface area contributed by atoms with Crippen molar-refractivity contribution in [2.75, 3.05) is 33.9 Å². The van der Waals surface area contributed by atoms with Gasteiger partial charge in [-0.1, -0.05) is 24.3 Å². The number of nitrogens with one attached hydrogen (secondary N) is 1. The van der Waals surface area contributed by atoms with Crippen LogP contribution in [0.25, 0.3) is 0 Å². The molecule has 2 aromatic rings. The fourth-order valence-electron chi connectivity index (χ4n) is 3.68. The summed E-state index contributed by atoms with van der Waals surface area (Å²) in [4.78, 5) is 2.34. The number of methoxy groups -OCH3 is 2. The van der Waals surface area contributed by atoms with E-state index in [1.807, 2.05) is 12.1 Å². The van der Waals surface area contributed by atoms with E-state index in [2.05, 4.69) is 22.3 Å². The van der Waals surface area contributed by atoms with E-state index in [9.17, 15) is 13.5 Å². The van der Waals surface area contributed by atoms with Gasteiger partial charge in [-0.15, -0.1) is 0 Å². The van der Waals surface area contributed by atoms with Crippen LogP contribution in [0.3, 0.4) is 0 Å². The summed E-state index contributed by atoms with van der Waals surface area (Å²) in [6, 6.07) is 12.9. The Bertz CT molecular complexity index is 964. The quantitative estimate of drug-likeness (QED) is 0.623. The number of ether oxygens (including phenoxy) is 2. The first-order valence-corrected chi connectivity index (χ1v) is 11.6. The highest BCUT2D eigenvalue weighted by molar-refractivity contribution is 7.92. The number of nitrogens with zero attached hydrogens (tertiary/aromatic N) is 1. The van der Waals surface area contributed by atoms with E-state index in [1.54, 1.807) is 13.0 Å². The Labute approximate surface area is 178 Å². The second kappa shape index (κ2) is 9.78. The Morgan fingerprint density at radius 1 is 1.10 bits per heavy atom. The van der Waals surface area contributed by atoms with Gasteiger partial charge < -0.3 is 14.6 Å².